The van der Waals surface area contributed by atoms with Crippen molar-refractivity contribution in [1.82, 2.24) is 0 Å². The van der Waals surface area contributed by atoms with Crippen molar-refractivity contribution in [2.24, 2.45) is 0 Å². The van der Waals surface area contributed by atoms with E-state index in [2.05, 4.69) is 6.58 Å². The van der Waals surface area contributed by atoms with Crippen LogP contribution >= 0.6 is 0 Å². The fourth-order valence-electron chi connectivity index (χ4n) is 4.57. The normalized spacial score (nSPS) is 31.5. The topological polar surface area (TPSA) is 66.4 Å². The first-order valence-electron chi connectivity index (χ1n) is 11.5. The molecule has 0 saturated carbocycles. The second-order valence-electron chi connectivity index (χ2n) is 9.01. The molecule has 4 rings (SSSR count). The molecular weight excluding hydrogens is 420 g/mol. The fourth-order valence-corrected chi connectivity index (χ4v) is 4.57. The largest absolute Gasteiger partial charge is 0.497 e. The van der Waals surface area contributed by atoms with Crippen molar-refractivity contribution in [1.29, 1.82) is 0 Å². The highest BCUT2D eigenvalue weighted by Crippen LogP contribution is 2.39. The van der Waals surface area contributed by atoms with Gasteiger partial charge in [0.25, 0.3) is 0 Å². The number of methoxy groups -OCH3 is 1. The summed E-state index contributed by atoms with van der Waals surface area (Å²) < 4.78 is 30.3. The van der Waals surface area contributed by atoms with Crippen molar-refractivity contribution < 1.29 is 28.8 Å². The van der Waals surface area contributed by atoms with Crippen molar-refractivity contribution in [2.45, 2.75) is 69.1 Å². The lowest BCUT2D eigenvalue weighted by Crippen LogP contribution is -2.62. The maximum Gasteiger partial charge on any atom is 0.118 e. The first-order chi connectivity index (χ1) is 16.0. The molecule has 0 bridgehead atoms. The van der Waals surface area contributed by atoms with Crippen molar-refractivity contribution >= 4 is 0 Å². The number of rotatable bonds is 9. The predicted molar refractivity (Wildman–Crippen MR) is 125 cm³/mol. The molecule has 6 atom stereocenters. The quantitative estimate of drug-likeness (QED) is 0.577. The Kier molecular flexibility index (Phi) is 7.83. The minimum absolute atomic E-state index is 0.160. The second-order valence-corrected chi connectivity index (χ2v) is 9.01. The van der Waals surface area contributed by atoms with Gasteiger partial charge in [-0.15, -0.1) is 6.58 Å². The molecule has 0 amide bonds. The summed E-state index contributed by atoms with van der Waals surface area (Å²) in [7, 11) is 1.65. The third-order valence-corrected chi connectivity index (χ3v) is 6.49. The standard InChI is InChI=1S/C27H34O6/c1-4-23-22(28)14-25-24(32-23)15-26(31-17-19-8-6-5-7-9-19)27(2,33-25)18-30-16-20-10-12-21(29-3)13-11-20/h4-13,22-26,28H,1,14-18H2,2-3H3/t22-,23+,24+,25+,26-,27-/m1/s1. The molecule has 2 saturated heterocycles. The molecule has 0 aliphatic carbocycles. The van der Waals surface area contributed by atoms with E-state index >= 15 is 0 Å². The molecule has 2 aromatic rings. The Morgan fingerprint density at radius 1 is 1.03 bits per heavy atom. The Hall–Kier alpha value is -2.22. The molecule has 0 aromatic heterocycles. The van der Waals surface area contributed by atoms with Gasteiger partial charge < -0.3 is 28.8 Å². The molecule has 1 N–H and O–H groups in total. The summed E-state index contributed by atoms with van der Waals surface area (Å²) in [4.78, 5) is 0. The third kappa shape index (κ3) is 5.83. The number of aliphatic hydroxyl groups excluding tert-OH is 1. The number of ether oxygens (including phenoxy) is 5. The van der Waals surface area contributed by atoms with Gasteiger partial charge in [0.05, 0.1) is 51.3 Å². The van der Waals surface area contributed by atoms with E-state index in [9.17, 15) is 5.11 Å². The zero-order valence-corrected chi connectivity index (χ0v) is 19.4. The smallest absolute Gasteiger partial charge is 0.118 e. The van der Waals surface area contributed by atoms with Gasteiger partial charge in [-0.1, -0.05) is 48.5 Å². The van der Waals surface area contributed by atoms with E-state index in [1.807, 2.05) is 61.5 Å². The fraction of sp³-hybridized carbons (Fsp3) is 0.481. The molecular formula is C27H34O6. The van der Waals surface area contributed by atoms with Crippen molar-refractivity contribution in [3.8, 4) is 5.75 Å². The number of aliphatic hydroxyl groups is 1. The Labute approximate surface area is 196 Å². The minimum Gasteiger partial charge on any atom is -0.497 e. The highest BCUT2D eigenvalue weighted by atomic mass is 16.6. The van der Waals surface area contributed by atoms with Crippen molar-refractivity contribution in [2.75, 3.05) is 13.7 Å². The van der Waals surface area contributed by atoms with Crippen LogP contribution in [-0.4, -0.2) is 54.9 Å². The number of hydrogen-bond acceptors (Lipinski definition) is 6. The predicted octanol–water partition coefficient (Wildman–Crippen LogP) is 4.05. The van der Waals surface area contributed by atoms with Crippen LogP contribution in [0.4, 0.5) is 0 Å². The monoisotopic (exact) mass is 454 g/mol. The van der Waals surface area contributed by atoms with E-state index in [1.54, 1.807) is 13.2 Å². The highest BCUT2D eigenvalue weighted by Gasteiger charge is 2.50. The Bertz CT molecular complexity index is 885. The number of hydrogen-bond donors (Lipinski definition) is 1. The Morgan fingerprint density at radius 3 is 2.45 bits per heavy atom. The van der Waals surface area contributed by atoms with Gasteiger partial charge in [0.15, 0.2) is 0 Å². The van der Waals surface area contributed by atoms with Crippen LogP contribution in [0.1, 0.15) is 30.9 Å². The minimum atomic E-state index is -0.674. The summed E-state index contributed by atoms with van der Waals surface area (Å²) in [6.45, 7) is 7.12. The average molecular weight is 455 g/mol. The zero-order chi connectivity index (χ0) is 23.3. The first kappa shape index (κ1) is 23.9. The Balaban J connectivity index is 1.44. The molecule has 0 radical (unpaired) electrons. The van der Waals surface area contributed by atoms with Gasteiger partial charge in [-0.25, -0.2) is 0 Å². The molecule has 0 unspecified atom stereocenters. The van der Waals surface area contributed by atoms with Gasteiger partial charge in [-0.05, 0) is 30.2 Å². The summed E-state index contributed by atoms with van der Waals surface area (Å²) in [6.07, 6.45) is 1.20. The molecule has 178 valence electrons. The van der Waals surface area contributed by atoms with Crippen LogP contribution in [-0.2, 0) is 32.2 Å². The zero-order valence-electron chi connectivity index (χ0n) is 19.4. The van der Waals surface area contributed by atoms with Gasteiger partial charge in [0.1, 0.15) is 17.5 Å². The van der Waals surface area contributed by atoms with E-state index in [-0.39, 0.29) is 24.4 Å². The van der Waals surface area contributed by atoms with Crippen LogP contribution in [0.15, 0.2) is 67.3 Å². The van der Waals surface area contributed by atoms with Gasteiger partial charge in [0.2, 0.25) is 0 Å². The molecule has 2 aliphatic rings. The van der Waals surface area contributed by atoms with E-state index in [1.165, 1.54) is 0 Å². The lowest BCUT2D eigenvalue weighted by atomic mass is 9.84. The van der Waals surface area contributed by atoms with Crippen molar-refractivity contribution in [3.63, 3.8) is 0 Å². The summed E-state index contributed by atoms with van der Waals surface area (Å²) >= 11 is 0. The van der Waals surface area contributed by atoms with Gasteiger partial charge in [-0.3, -0.25) is 0 Å². The van der Waals surface area contributed by atoms with Crippen LogP contribution in [0, 0.1) is 0 Å². The molecule has 33 heavy (non-hydrogen) atoms. The van der Waals surface area contributed by atoms with Gasteiger partial charge in [-0.2, -0.15) is 0 Å². The molecule has 2 aliphatic heterocycles. The van der Waals surface area contributed by atoms with Crippen LogP contribution in [0.2, 0.25) is 0 Å². The highest BCUT2D eigenvalue weighted by molar-refractivity contribution is 5.26. The maximum atomic E-state index is 10.4. The van der Waals surface area contributed by atoms with Crippen LogP contribution < -0.4 is 4.74 Å². The van der Waals surface area contributed by atoms with Crippen LogP contribution in [0.3, 0.4) is 0 Å². The maximum absolute atomic E-state index is 10.4. The van der Waals surface area contributed by atoms with Gasteiger partial charge >= 0.3 is 0 Å². The summed E-state index contributed by atoms with van der Waals surface area (Å²) in [5, 5.41) is 10.4. The van der Waals surface area contributed by atoms with Gasteiger partial charge in [0, 0.05) is 12.8 Å². The lowest BCUT2D eigenvalue weighted by molar-refractivity contribution is -0.286. The second kappa shape index (κ2) is 10.8. The van der Waals surface area contributed by atoms with E-state index in [0.29, 0.717) is 32.7 Å². The summed E-state index contributed by atoms with van der Waals surface area (Å²) in [5.74, 6) is 0.815. The first-order valence-corrected chi connectivity index (χ1v) is 11.5. The Morgan fingerprint density at radius 2 is 1.76 bits per heavy atom. The van der Waals surface area contributed by atoms with E-state index in [4.69, 9.17) is 23.7 Å². The lowest BCUT2D eigenvalue weighted by Gasteiger charge is -2.51. The van der Waals surface area contributed by atoms with Crippen LogP contribution in [0.5, 0.6) is 5.75 Å². The van der Waals surface area contributed by atoms with Crippen LogP contribution in [0.25, 0.3) is 0 Å². The molecule has 2 fully saturated rings. The summed E-state index contributed by atoms with van der Waals surface area (Å²) in [6, 6.07) is 17.9. The molecule has 2 heterocycles. The summed E-state index contributed by atoms with van der Waals surface area (Å²) in [5.41, 5.74) is 1.48. The number of fused-ring (bicyclic) bond motifs is 1. The SMILES string of the molecule is C=C[C@@H]1O[C@H]2C[C@@H](OCc3ccccc3)[C@@](C)(COCc3ccc(OC)cc3)O[C@H]2C[C@H]1O. The molecule has 6 nitrogen and oxygen atoms in total. The van der Waals surface area contributed by atoms with Crippen molar-refractivity contribution in [3.05, 3.63) is 78.4 Å². The molecule has 0 spiro atoms. The van der Waals surface area contributed by atoms with E-state index < -0.39 is 11.7 Å². The molecule has 6 heteroatoms. The number of benzene rings is 2. The molecule has 2 aromatic carbocycles. The van der Waals surface area contributed by atoms with E-state index in [0.717, 1.165) is 16.9 Å². The average Bonchev–Trinajstić information content (AvgIpc) is 2.83. The third-order valence-electron chi connectivity index (χ3n) is 6.49.